The first kappa shape index (κ1) is 25.4. The molecular weight excluding hydrogens is 517 g/mol. The maximum absolute atomic E-state index is 14.0. The molecule has 1 aliphatic carbocycles. The molecular formula is C25H22F5N3O3S. The van der Waals surface area contributed by atoms with E-state index in [2.05, 4.69) is 14.6 Å². The van der Waals surface area contributed by atoms with Gasteiger partial charge in [-0.25, -0.2) is 18.6 Å². The Balaban J connectivity index is 1.23. The van der Waals surface area contributed by atoms with Gasteiger partial charge in [-0.2, -0.15) is 0 Å². The molecule has 2 atom stereocenters. The molecule has 0 radical (unpaired) electrons. The number of ether oxygens (including phenoxy) is 2. The third kappa shape index (κ3) is 6.19. The summed E-state index contributed by atoms with van der Waals surface area (Å²) < 4.78 is 74.9. The number of aromatic nitrogens is 1. The van der Waals surface area contributed by atoms with E-state index >= 15 is 0 Å². The van der Waals surface area contributed by atoms with E-state index < -0.39 is 24.1 Å². The summed E-state index contributed by atoms with van der Waals surface area (Å²) in [5.41, 5.74) is 2.27. The number of halogens is 5. The standard InChI is InChI=1S/C25H22F5N3O3S/c26-21-6-2-4-16(23(21)27)9-32-10-18-19(11-32)20(18)12-33(24(34)35-22-13-37-14-31-22)8-15-3-1-5-17(7-15)36-25(28,29)30/h1-7,13-14,18-20H,8-12H2. The summed E-state index contributed by atoms with van der Waals surface area (Å²) in [4.78, 5) is 20.4. The number of fused-ring (bicyclic) bond motifs is 1. The highest BCUT2D eigenvalue weighted by Gasteiger charge is 2.56. The van der Waals surface area contributed by atoms with Crippen molar-refractivity contribution in [1.82, 2.24) is 14.8 Å². The van der Waals surface area contributed by atoms with Crippen molar-refractivity contribution in [3.63, 3.8) is 0 Å². The zero-order chi connectivity index (χ0) is 26.2. The number of benzene rings is 2. The predicted octanol–water partition coefficient (Wildman–Crippen LogP) is 5.70. The molecule has 1 amide bonds. The first-order valence-corrected chi connectivity index (χ1v) is 12.5. The summed E-state index contributed by atoms with van der Waals surface area (Å²) in [5.74, 6) is -1.25. The number of hydrogen-bond donors (Lipinski definition) is 0. The molecule has 2 aromatic carbocycles. The highest BCUT2D eigenvalue weighted by Crippen LogP contribution is 2.52. The first-order chi connectivity index (χ1) is 17.7. The second-order valence-electron chi connectivity index (χ2n) is 9.17. The summed E-state index contributed by atoms with van der Waals surface area (Å²) >= 11 is 1.26. The van der Waals surface area contributed by atoms with Crippen LogP contribution in [0.2, 0.25) is 0 Å². The molecule has 2 aliphatic rings. The number of nitrogens with zero attached hydrogens (tertiary/aromatic N) is 3. The van der Waals surface area contributed by atoms with Crippen LogP contribution in [0.3, 0.4) is 0 Å². The van der Waals surface area contributed by atoms with Gasteiger partial charge in [-0.05, 0) is 41.5 Å². The number of carbonyl (C=O) groups is 1. The summed E-state index contributed by atoms with van der Waals surface area (Å²) in [5, 5.41) is 1.57. The Morgan fingerprint density at radius 3 is 2.59 bits per heavy atom. The van der Waals surface area contributed by atoms with E-state index in [9.17, 15) is 26.7 Å². The van der Waals surface area contributed by atoms with Crippen molar-refractivity contribution in [2.75, 3.05) is 19.6 Å². The van der Waals surface area contributed by atoms with Gasteiger partial charge >= 0.3 is 12.5 Å². The van der Waals surface area contributed by atoms with Crippen molar-refractivity contribution in [2.45, 2.75) is 19.5 Å². The molecule has 1 saturated heterocycles. The fourth-order valence-corrected chi connectivity index (χ4v) is 5.42. The van der Waals surface area contributed by atoms with Gasteiger partial charge in [0.1, 0.15) is 5.75 Å². The molecule has 6 nitrogen and oxygen atoms in total. The number of carbonyl (C=O) groups excluding carboxylic acids is 1. The highest BCUT2D eigenvalue weighted by molar-refractivity contribution is 7.07. The van der Waals surface area contributed by atoms with E-state index in [1.54, 1.807) is 17.5 Å². The van der Waals surface area contributed by atoms with Crippen LogP contribution in [-0.4, -0.2) is 46.9 Å². The quantitative estimate of drug-likeness (QED) is 0.344. The number of piperidine rings is 1. The molecule has 2 heterocycles. The molecule has 3 aromatic rings. The van der Waals surface area contributed by atoms with E-state index in [1.165, 1.54) is 46.0 Å². The highest BCUT2D eigenvalue weighted by atomic mass is 32.1. The van der Waals surface area contributed by atoms with Crippen molar-refractivity contribution in [3.8, 4) is 11.6 Å². The summed E-state index contributed by atoms with van der Waals surface area (Å²) in [6.45, 7) is 2.01. The third-order valence-corrected chi connectivity index (χ3v) is 7.23. The average Bonchev–Trinajstić information content (AvgIpc) is 3.20. The Hall–Kier alpha value is -3.25. The molecule has 2 unspecified atom stereocenters. The van der Waals surface area contributed by atoms with Gasteiger partial charge in [-0.1, -0.05) is 24.3 Å². The topological polar surface area (TPSA) is 54.9 Å². The smallest absolute Gasteiger partial charge is 0.406 e. The van der Waals surface area contributed by atoms with E-state index in [4.69, 9.17) is 4.74 Å². The molecule has 1 saturated carbocycles. The Kier molecular flexibility index (Phi) is 7.04. The van der Waals surface area contributed by atoms with E-state index in [1.807, 2.05) is 0 Å². The van der Waals surface area contributed by atoms with Crippen LogP contribution in [0.1, 0.15) is 11.1 Å². The minimum Gasteiger partial charge on any atom is -0.406 e. The fourth-order valence-electron chi connectivity index (χ4n) is 4.97. The SMILES string of the molecule is O=C(Oc1cscn1)N(Cc1cccc(OC(F)(F)F)c1)CC1C2CN(Cc3cccc(F)c3F)CC21. The van der Waals surface area contributed by atoms with Crippen LogP contribution in [0.4, 0.5) is 26.7 Å². The summed E-state index contributed by atoms with van der Waals surface area (Å²) in [7, 11) is 0. The lowest BCUT2D eigenvalue weighted by Gasteiger charge is -2.25. The molecule has 5 rings (SSSR count). The normalized spacial score (nSPS) is 20.9. The minimum atomic E-state index is -4.83. The van der Waals surface area contributed by atoms with Gasteiger partial charge in [0.15, 0.2) is 11.6 Å². The van der Waals surface area contributed by atoms with Crippen LogP contribution in [0.5, 0.6) is 11.6 Å². The lowest BCUT2D eigenvalue weighted by molar-refractivity contribution is -0.274. The Morgan fingerprint density at radius 2 is 1.89 bits per heavy atom. The first-order valence-electron chi connectivity index (χ1n) is 11.5. The van der Waals surface area contributed by atoms with Crippen molar-refractivity contribution in [2.24, 2.45) is 17.8 Å². The Bertz CT molecular complexity index is 1240. The van der Waals surface area contributed by atoms with Crippen molar-refractivity contribution < 1.29 is 36.2 Å². The van der Waals surface area contributed by atoms with Gasteiger partial charge in [-0.15, -0.1) is 24.5 Å². The van der Waals surface area contributed by atoms with Gasteiger partial charge < -0.3 is 14.4 Å². The zero-order valence-corrected chi connectivity index (χ0v) is 20.1. The molecule has 37 heavy (non-hydrogen) atoms. The third-order valence-electron chi connectivity index (χ3n) is 6.67. The largest absolute Gasteiger partial charge is 0.573 e. The predicted molar refractivity (Wildman–Crippen MR) is 124 cm³/mol. The summed E-state index contributed by atoms with van der Waals surface area (Å²) in [6, 6.07) is 9.59. The maximum Gasteiger partial charge on any atom is 0.573 e. The molecule has 1 aromatic heterocycles. The molecule has 0 spiro atoms. The number of alkyl halides is 3. The minimum absolute atomic E-state index is 0.0200. The van der Waals surface area contributed by atoms with Gasteiger partial charge in [0, 0.05) is 38.3 Å². The van der Waals surface area contributed by atoms with Gasteiger partial charge in [0.2, 0.25) is 5.88 Å². The van der Waals surface area contributed by atoms with Crippen LogP contribution >= 0.6 is 11.3 Å². The van der Waals surface area contributed by atoms with Crippen LogP contribution < -0.4 is 9.47 Å². The number of rotatable bonds is 8. The van der Waals surface area contributed by atoms with Crippen molar-refractivity contribution in [1.29, 1.82) is 0 Å². The monoisotopic (exact) mass is 539 g/mol. The van der Waals surface area contributed by atoms with Crippen LogP contribution in [-0.2, 0) is 13.1 Å². The molecule has 0 bridgehead atoms. The molecule has 1 aliphatic heterocycles. The molecule has 196 valence electrons. The number of thiazole rings is 1. The van der Waals surface area contributed by atoms with Crippen molar-refractivity contribution >= 4 is 17.4 Å². The number of amides is 1. The maximum atomic E-state index is 14.0. The van der Waals surface area contributed by atoms with E-state index in [-0.39, 0.29) is 35.9 Å². The van der Waals surface area contributed by atoms with Gasteiger partial charge in [0.05, 0.1) is 10.9 Å². The molecule has 2 fully saturated rings. The van der Waals surface area contributed by atoms with Crippen LogP contribution in [0.25, 0.3) is 0 Å². The number of hydrogen-bond acceptors (Lipinski definition) is 6. The fraction of sp³-hybridized carbons (Fsp3) is 0.360. The zero-order valence-electron chi connectivity index (χ0n) is 19.3. The lowest BCUT2D eigenvalue weighted by atomic mass is 10.1. The van der Waals surface area contributed by atoms with Crippen LogP contribution in [0, 0.1) is 29.4 Å². The summed E-state index contributed by atoms with van der Waals surface area (Å²) in [6.07, 6.45) is -5.48. The average molecular weight is 540 g/mol. The van der Waals surface area contributed by atoms with Crippen molar-refractivity contribution in [3.05, 3.63) is 76.1 Å². The molecule has 0 N–H and O–H groups in total. The van der Waals surface area contributed by atoms with E-state index in [0.29, 0.717) is 37.3 Å². The Morgan fingerprint density at radius 1 is 1.14 bits per heavy atom. The van der Waals surface area contributed by atoms with E-state index in [0.717, 1.165) is 6.07 Å². The molecule has 12 heteroatoms. The van der Waals surface area contributed by atoms with Gasteiger partial charge in [-0.3, -0.25) is 4.90 Å². The second kappa shape index (κ2) is 10.3. The number of likely N-dealkylation sites (tertiary alicyclic amines) is 1. The van der Waals surface area contributed by atoms with Gasteiger partial charge in [0.25, 0.3) is 0 Å². The second-order valence-corrected chi connectivity index (χ2v) is 9.89. The Labute approximate surface area is 213 Å². The van der Waals surface area contributed by atoms with Crippen LogP contribution in [0.15, 0.2) is 53.4 Å². The lowest BCUT2D eigenvalue weighted by Crippen LogP contribution is -2.36.